The third-order valence-corrected chi connectivity index (χ3v) is 3.29. The normalized spacial score (nSPS) is 10.6. The van der Waals surface area contributed by atoms with Crippen LogP contribution in [0.1, 0.15) is 5.56 Å². The molecule has 0 amide bonds. The van der Waals surface area contributed by atoms with Crippen LogP contribution >= 0.6 is 11.6 Å². The van der Waals surface area contributed by atoms with E-state index in [0.717, 1.165) is 27.5 Å². The zero-order valence-electron chi connectivity index (χ0n) is 10.5. The van der Waals surface area contributed by atoms with Crippen LogP contribution in [-0.4, -0.2) is 9.78 Å². The van der Waals surface area contributed by atoms with Crippen molar-refractivity contribution in [1.82, 2.24) is 9.78 Å². The van der Waals surface area contributed by atoms with Crippen molar-refractivity contribution >= 4 is 11.6 Å². The summed E-state index contributed by atoms with van der Waals surface area (Å²) in [6, 6.07) is 17.9. The van der Waals surface area contributed by atoms with Gasteiger partial charge >= 0.3 is 0 Å². The molecule has 3 rings (SSSR count). The van der Waals surface area contributed by atoms with Crippen molar-refractivity contribution in [2.75, 3.05) is 0 Å². The van der Waals surface area contributed by atoms with Gasteiger partial charge < -0.3 is 0 Å². The van der Waals surface area contributed by atoms with Gasteiger partial charge in [0, 0.05) is 16.8 Å². The van der Waals surface area contributed by atoms with Crippen LogP contribution in [0.15, 0.2) is 60.8 Å². The van der Waals surface area contributed by atoms with Gasteiger partial charge in [0.25, 0.3) is 0 Å². The first-order valence-electron chi connectivity index (χ1n) is 6.12. The van der Waals surface area contributed by atoms with Gasteiger partial charge in [0.05, 0.1) is 11.4 Å². The van der Waals surface area contributed by atoms with E-state index in [0.29, 0.717) is 0 Å². The van der Waals surface area contributed by atoms with Gasteiger partial charge in [-0.3, -0.25) is 0 Å². The summed E-state index contributed by atoms with van der Waals surface area (Å²) in [6.07, 6.45) is 2.04. The van der Waals surface area contributed by atoms with Crippen LogP contribution in [0.25, 0.3) is 16.9 Å². The number of halogens is 1. The van der Waals surface area contributed by atoms with Gasteiger partial charge in [0.15, 0.2) is 0 Å². The molecule has 19 heavy (non-hydrogen) atoms. The minimum Gasteiger partial charge on any atom is -0.240 e. The van der Waals surface area contributed by atoms with Crippen LogP contribution in [0, 0.1) is 6.92 Å². The first-order valence-corrected chi connectivity index (χ1v) is 6.49. The van der Waals surface area contributed by atoms with E-state index in [9.17, 15) is 0 Å². The Hall–Kier alpha value is -2.06. The Bertz CT molecular complexity index is 685. The molecule has 2 nitrogen and oxygen atoms in total. The smallest absolute Gasteiger partial charge is 0.0956 e. The Morgan fingerprint density at radius 3 is 2.32 bits per heavy atom. The molecular weight excluding hydrogens is 256 g/mol. The van der Waals surface area contributed by atoms with Crippen molar-refractivity contribution in [1.29, 1.82) is 0 Å². The average molecular weight is 269 g/mol. The van der Waals surface area contributed by atoms with Crippen molar-refractivity contribution < 1.29 is 0 Å². The second kappa shape index (κ2) is 4.90. The highest BCUT2D eigenvalue weighted by atomic mass is 35.5. The molecular formula is C16H13ClN2. The van der Waals surface area contributed by atoms with E-state index in [-0.39, 0.29) is 0 Å². The summed E-state index contributed by atoms with van der Waals surface area (Å²) in [5.41, 5.74) is 4.27. The average Bonchev–Trinajstić information content (AvgIpc) is 2.83. The molecule has 0 atom stereocenters. The number of para-hydroxylation sites is 1. The van der Waals surface area contributed by atoms with E-state index in [1.165, 1.54) is 0 Å². The highest BCUT2D eigenvalue weighted by molar-refractivity contribution is 6.30. The quantitative estimate of drug-likeness (QED) is 0.669. The number of nitrogens with zero attached hydrogens (tertiary/aromatic N) is 2. The molecule has 0 aliphatic heterocycles. The van der Waals surface area contributed by atoms with Crippen LogP contribution in [0.5, 0.6) is 0 Å². The van der Waals surface area contributed by atoms with Gasteiger partial charge in [-0.2, -0.15) is 5.10 Å². The molecule has 0 saturated heterocycles. The molecule has 0 unspecified atom stereocenters. The van der Waals surface area contributed by atoms with E-state index in [1.807, 2.05) is 65.5 Å². The van der Waals surface area contributed by atoms with Crippen molar-refractivity contribution in [3.05, 3.63) is 71.4 Å². The Morgan fingerprint density at radius 2 is 1.63 bits per heavy atom. The van der Waals surface area contributed by atoms with Crippen molar-refractivity contribution in [2.45, 2.75) is 6.92 Å². The second-order valence-electron chi connectivity index (χ2n) is 4.45. The standard InChI is InChI=1S/C16H13ClN2/c1-12-11-19(15-5-3-2-4-6-15)18-16(12)13-7-9-14(17)10-8-13/h2-11H,1H3. The van der Waals surface area contributed by atoms with Gasteiger partial charge in [-0.15, -0.1) is 0 Å². The van der Waals surface area contributed by atoms with E-state index in [1.54, 1.807) is 0 Å². The van der Waals surface area contributed by atoms with Crippen molar-refractivity contribution in [3.63, 3.8) is 0 Å². The van der Waals surface area contributed by atoms with Gasteiger partial charge in [-0.05, 0) is 36.8 Å². The summed E-state index contributed by atoms with van der Waals surface area (Å²) in [6.45, 7) is 2.07. The highest BCUT2D eigenvalue weighted by Crippen LogP contribution is 2.24. The van der Waals surface area contributed by atoms with Crippen molar-refractivity contribution in [2.24, 2.45) is 0 Å². The molecule has 3 heteroatoms. The maximum absolute atomic E-state index is 5.91. The zero-order valence-corrected chi connectivity index (χ0v) is 11.3. The molecule has 0 spiro atoms. The predicted octanol–water partition coefficient (Wildman–Crippen LogP) is 4.50. The Kier molecular flexibility index (Phi) is 3.10. The fourth-order valence-corrected chi connectivity index (χ4v) is 2.19. The maximum atomic E-state index is 5.91. The molecule has 0 bridgehead atoms. The molecule has 0 aliphatic rings. The van der Waals surface area contributed by atoms with E-state index in [4.69, 9.17) is 11.6 Å². The van der Waals surface area contributed by atoms with Crippen LogP contribution in [0.2, 0.25) is 5.02 Å². The number of aromatic nitrogens is 2. The number of hydrogen-bond acceptors (Lipinski definition) is 1. The summed E-state index contributed by atoms with van der Waals surface area (Å²) in [4.78, 5) is 0. The fourth-order valence-electron chi connectivity index (χ4n) is 2.07. The summed E-state index contributed by atoms with van der Waals surface area (Å²) < 4.78 is 1.90. The van der Waals surface area contributed by atoms with Crippen molar-refractivity contribution in [3.8, 4) is 16.9 Å². The molecule has 0 fully saturated rings. The van der Waals surface area contributed by atoms with Crippen LogP contribution in [0.3, 0.4) is 0 Å². The van der Waals surface area contributed by atoms with E-state index >= 15 is 0 Å². The molecule has 2 aromatic carbocycles. The molecule has 0 aliphatic carbocycles. The van der Waals surface area contributed by atoms with E-state index in [2.05, 4.69) is 12.0 Å². The molecule has 1 heterocycles. The molecule has 3 aromatic rings. The minimum absolute atomic E-state index is 0.740. The summed E-state index contributed by atoms with van der Waals surface area (Å²) >= 11 is 5.91. The summed E-state index contributed by atoms with van der Waals surface area (Å²) in [5.74, 6) is 0. The highest BCUT2D eigenvalue weighted by Gasteiger charge is 2.08. The lowest BCUT2D eigenvalue weighted by molar-refractivity contribution is 0.884. The third-order valence-electron chi connectivity index (χ3n) is 3.04. The third kappa shape index (κ3) is 2.40. The summed E-state index contributed by atoms with van der Waals surface area (Å²) in [5, 5.41) is 5.39. The number of benzene rings is 2. The molecule has 0 N–H and O–H groups in total. The molecule has 0 saturated carbocycles. The lowest BCUT2D eigenvalue weighted by atomic mass is 10.1. The van der Waals surface area contributed by atoms with Crippen LogP contribution in [-0.2, 0) is 0 Å². The zero-order chi connectivity index (χ0) is 13.2. The number of aryl methyl sites for hydroxylation is 1. The monoisotopic (exact) mass is 268 g/mol. The number of rotatable bonds is 2. The lowest BCUT2D eigenvalue weighted by Gasteiger charge is -2.00. The molecule has 94 valence electrons. The first-order chi connectivity index (χ1) is 9.24. The molecule has 0 radical (unpaired) electrons. The Morgan fingerprint density at radius 1 is 0.947 bits per heavy atom. The van der Waals surface area contributed by atoms with Crippen LogP contribution < -0.4 is 0 Å². The molecule has 1 aromatic heterocycles. The van der Waals surface area contributed by atoms with Gasteiger partial charge in [0.2, 0.25) is 0 Å². The first kappa shape index (κ1) is 12.0. The predicted molar refractivity (Wildman–Crippen MR) is 78.7 cm³/mol. The Balaban J connectivity index is 2.05. The van der Waals surface area contributed by atoms with Gasteiger partial charge in [-0.1, -0.05) is 41.9 Å². The van der Waals surface area contributed by atoms with Crippen LogP contribution in [0.4, 0.5) is 0 Å². The largest absolute Gasteiger partial charge is 0.240 e. The van der Waals surface area contributed by atoms with Gasteiger partial charge in [0.1, 0.15) is 0 Å². The topological polar surface area (TPSA) is 17.8 Å². The fraction of sp³-hybridized carbons (Fsp3) is 0.0625. The minimum atomic E-state index is 0.740. The SMILES string of the molecule is Cc1cn(-c2ccccc2)nc1-c1ccc(Cl)cc1. The maximum Gasteiger partial charge on any atom is 0.0956 e. The second-order valence-corrected chi connectivity index (χ2v) is 4.88. The Labute approximate surface area is 117 Å². The number of hydrogen-bond donors (Lipinski definition) is 0. The van der Waals surface area contributed by atoms with E-state index < -0.39 is 0 Å². The van der Waals surface area contributed by atoms with Gasteiger partial charge in [-0.25, -0.2) is 4.68 Å². The summed E-state index contributed by atoms with van der Waals surface area (Å²) in [7, 11) is 0. The lowest BCUT2D eigenvalue weighted by Crippen LogP contribution is -1.93.